The highest BCUT2D eigenvalue weighted by atomic mass is 32.2. The first-order valence-electron chi connectivity index (χ1n) is 11.9. The van der Waals surface area contributed by atoms with E-state index in [1.54, 1.807) is 65.8 Å². The topological polar surface area (TPSA) is 135 Å². The number of hydrogen-bond donors (Lipinski definition) is 0. The molecule has 1 amide bonds. The Labute approximate surface area is 230 Å². The molecular weight excluding hydrogens is 536 g/mol. The SMILES string of the molecule is N#CC(C(=O)N1CCCC1)=c1s/c(=C/c2ccc(Sc3ncccn3)c([N+](=O)[O-])c2)c(=O)n1-c1ccccc1. The fourth-order valence-corrected chi connectivity index (χ4v) is 6.06. The molecule has 10 nitrogen and oxygen atoms in total. The Morgan fingerprint density at radius 1 is 1.10 bits per heavy atom. The molecule has 4 aromatic rings. The van der Waals surface area contributed by atoms with Crippen LogP contribution in [0.15, 0.2) is 81.8 Å². The molecule has 1 fully saturated rings. The molecule has 0 aliphatic carbocycles. The molecule has 0 bridgehead atoms. The van der Waals surface area contributed by atoms with E-state index in [9.17, 15) is 25.0 Å². The van der Waals surface area contributed by atoms with Gasteiger partial charge < -0.3 is 4.90 Å². The summed E-state index contributed by atoms with van der Waals surface area (Å²) in [5.41, 5.74) is 0.241. The lowest BCUT2D eigenvalue weighted by molar-refractivity contribution is -0.387. The van der Waals surface area contributed by atoms with Gasteiger partial charge in [0.1, 0.15) is 10.7 Å². The fourth-order valence-electron chi connectivity index (χ4n) is 4.17. The normalized spacial score (nSPS) is 14.2. The van der Waals surface area contributed by atoms with Gasteiger partial charge in [0.05, 0.1) is 20.0 Å². The van der Waals surface area contributed by atoms with Gasteiger partial charge in [0, 0.05) is 31.5 Å². The maximum atomic E-state index is 13.6. The molecule has 1 aliphatic rings. The van der Waals surface area contributed by atoms with Crippen molar-refractivity contribution in [3.05, 3.63) is 102 Å². The molecule has 12 heteroatoms. The molecule has 194 valence electrons. The van der Waals surface area contributed by atoms with Gasteiger partial charge in [0.15, 0.2) is 10.7 Å². The third-order valence-electron chi connectivity index (χ3n) is 5.99. The summed E-state index contributed by atoms with van der Waals surface area (Å²) < 4.78 is 1.81. The molecule has 2 aromatic carbocycles. The van der Waals surface area contributed by atoms with Gasteiger partial charge in [-0.15, -0.1) is 11.3 Å². The number of rotatable bonds is 6. The zero-order valence-electron chi connectivity index (χ0n) is 20.4. The van der Waals surface area contributed by atoms with Gasteiger partial charge in [-0.25, -0.2) is 9.97 Å². The monoisotopic (exact) mass is 556 g/mol. The van der Waals surface area contributed by atoms with Crippen LogP contribution in [0.4, 0.5) is 5.69 Å². The van der Waals surface area contributed by atoms with E-state index in [-0.39, 0.29) is 20.5 Å². The van der Waals surface area contributed by atoms with E-state index in [0.717, 1.165) is 35.9 Å². The van der Waals surface area contributed by atoms with E-state index in [1.165, 1.54) is 16.7 Å². The van der Waals surface area contributed by atoms with Gasteiger partial charge >= 0.3 is 0 Å². The Balaban J connectivity index is 1.67. The van der Waals surface area contributed by atoms with E-state index < -0.39 is 16.4 Å². The predicted octanol–water partition coefficient (Wildman–Crippen LogP) is 2.87. The lowest BCUT2D eigenvalue weighted by Gasteiger charge is -2.14. The average Bonchev–Trinajstić information content (AvgIpc) is 3.60. The van der Waals surface area contributed by atoms with Crippen LogP contribution in [0.25, 0.3) is 17.3 Å². The zero-order chi connectivity index (χ0) is 27.4. The van der Waals surface area contributed by atoms with E-state index in [4.69, 9.17) is 0 Å². The summed E-state index contributed by atoms with van der Waals surface area (Å²) in [6.45, 7) is 1.12. The number of thiazole rings is 1. The van der Waals surface area contributed by atoms with Crippen molar-refractivity contribution >= 4 is 46.3 Å². The molecule has 3 heterocycles. The number of aromatic nitrogens is 3. The zero-order valence-corrected chi connectivity index (χ0v) is 22.0. The second kappa shape index (κ2) is 11.4. The number of nitrogens with zero attached hydrogens (tertiary/aromatic N) is 6. The first-order chi connectivity index (χ1) is 19.0. The molecule has 0 unspecified atom stereocenters. The van der Waals surface area contributed by atoms with Crippen molar-refractivity contribution in [2.24, 2.45) is 0 Å². The number of para-hydroxylation sites is 1. The minimum atomic E-state index is -0.499. The summed E-state index contributed by atoms with van der Waals surface area (Å²) >= 11 is 2.07. The van der Waals surface area contributed by atoms with Gasteiger partial charge in [-0.1, -0.05) is 24.3 Å². The van der Waals surface area contributed by atoms with Gasteiger partial charge in [-0.2, -0.15) is 5.26 Å². The van der Waals surface area contributed by atoms with Crippen LogP contribution in [-0.2, 0) is 4.79 Å². The highest BCUT2D eigenvalue weighted by molar-refractivity contribution is 7.99. The number of nitro benzene ring substituents is 1. The van der Waals surface area contributed by atoms with E-state index in [1.807, 2.05) is 6.07 Å². The Hall–Kier alpha value is -4.60. The maximum absolute atomic E-state index is 13.6. The van der Waals surface area contributed by atoms with Crippen LogP contribution in [0, 0.1) is 21.4 Å². The first kappa shape index (κ1) is 26.0. The third-order valence-corrected chi connectivity index (χ3v) is 8.04. The molecule has 5 rings (SSSR count). The van der Waals surface area contributed by atoms with Gasteiger partial charge in [0.25, 0.3) is 17.2 Å². The first-order valence-corrected chi connectivity index (χ1v) is 13.6. The van der Waals surface area contributed by atoms with Crippen molar-refractivity contribution in [3.63, 3.8) is 0 Å². The molecule has 0 spiro atoms. The summed E-state index contributed by atoms with van der Waals surface area (Å²) in [4.78, 5) is 48.4. The second-order valence-corrected chi connectivity index (χ2v) is 10.5. The Bertz CT molecular complexity index is 1770. The van der Waals surface area contributed by atoms with Gasteiger partial charge in [0.2, 0.25) is 0 Å². The summed E-state index contributed by atoms with van der Waals surface area (Å²) in [7, 11) is 0. The largest absolute Gasteiger partial charge is 0.338 e. The Kier molecular flexibility index (Phi) is 7.62. The number of nitriles is 1. The molecule has 0 atom stereocenters. The molecule has 0 saturated carbocycles. The Morgan fingerprint density at radius 3 is 2.49 bits per heavy atom. The highest BCUT2D eigenvalue weighted by Crippen LogP contribution is 2.33. The standard InChI is InChI=1S/C27H20N6O4S2/c28-17-20(24(34)31-13-4-5-14-31)26-32(19-7-2-1-3-8-19)25(35)23(38-26)16-18-9-10-22(21(15-18)33(36)37)39-27-29-11-6-12-30-27/h1-3,6-12,15-16H,4-5,13-14H2/b23-16+,26-20?. The van der Waals surface area contributed by atoms with Crippen LogP contribution >= 0.6 is 23.1 Å². The van der Waals surface area contributed by atoms with Crippen molar-refractivity contribution in [1.29, 1.82) is 5.26 Å². The van der Waals surface area contributed by atoms with Crippen LogP contribution in [0.5, 0.6) is 0 Å². The van der Waals surface area contributed by atoms with Crippen LogP contribution in [0.3, 0.4) is 0 Å². The maximum Gasteiger partial charge on any atom is 0.283 e. The number of likely N-dealkylation sites (tertiary alicyclic amines) is 1. The quantitative estimate of drug-likeness (QED) is 0.201. The minimum Gasteiger partial charge on any atom is -0.338 e. The third kappa shape index (κ3) is 5.50. The van der Waals surface area contributed by atoms with Crippen LogP contribution in [0.1, 0.15) is 18.4 Å². The van der Waals surface area contributed by atoms with E-state index >= 15 is 0 Å². The van der Waals surface area contributed by atoms with Gasteiger partial charge in [-0.05, 0) is 60.5 Å². The summed E-state index contributed by atoms with van der Waals surface area (Å²) in [5, 5.41) is 22.2. The molecule has 1 saturated heterocycles. The number of benzene rings is 2. The minimum absolute atomic E-state index is 0.108. The van der Waals surface area contributed by atoms with Gasteiger partial charge in [-0.3, -0.25) is 24.3 Å². The van der Waals surface area contributed by atoms with Crippen LogP contribution in [0.2, 0.25) is 0 Å². The van der Waals surface area contributed by atoms with Crippen molar-refractivity contribution < 1.29 is 9.72 Å². The summed E-state index contributed by atoms with van der Waals surface area (Å²) in [6, 6.07) is 17.1. The fraction of sp³-hybridized carbons (Fsp3) is 0.148. The number of carbonyl (C=O) groups excluding carboxylic acids is 1. The number of carbonyl (C=O) groups is 1. The number of amides is 1. The van der Waals surface area contributed by atoms with Crippen LogP contribution < -0.4 is 14.8 Å². The molecule has 0 N–H and O–H groups in total. The van der Waals surface area contributed by atoms with E-state index in [0.29, 0.717) is 34.4 Å². The lowest BCUT2D eigenvalue weighted by atomic mass is 10.2. The lowest BCUT2D eigenvalue weighted by Crippen LogP contribution is -2.35. The molecular formula is C27H20N6O4S2. The smallest absolute Gasteiger partial charge is 0.283 e. The molecule has 0 radical (unpaired) electrons. The number of hydrogen-bond acceptors (Lipinski definition) is 9. The molecule has 39 heavy (non-hydrogen) atoms. The summed E-state index contributed by atoms with van der Waals surface area (Å²) in [5.74, 6) is -0.410. The van der Waals surface area contributed by atoms with E-state index in [2.05, 4.69) is 9.97 Å². The average molecular weight is 557 g/mol. The molecule has 2 aromatic heterocycles. The second-order valence-electron chi connectivity index (χ2n) is 8.50. The predicted molar refractivity (Wildman–Crippen MR) is 147 cm³/mol. The molecule has 1 aliphatic heterocycles. The highest BCUT2D eigenvalue weighted by Gasteiger charge is 2.24. The van der Waals surface area contributed by atoms with Crippen molar-refractivity contribution in [3.8, 4) is 11.8 Å². The number of nitro groups is 1. The van der Waals surface area contributed by atoms with Crippen LogP contribution in [-0.4, -0.2) is 43.4 Å². The summed E-state index contributed by atoms with van der Waals surface area (Å²) in [6.07, 6.45) is 6.37. The van der Waals surface area contributed by atoms with Crippen molar-refractivity contribution in [1.82, 2.24) is 19.4 Å². The van der Waals surface area contributed by atoms with Crippen molar-refractivity contribution in [2.45, 2.75) is 22.9 Å². The van der Waals surface area contributed by atoms with Crippen molar-refractivity contribution in [2.75, 3.05) is 13.1 Å². The Morgan fingerprint density at radius 2 is 1.82 bits per heavy atom.